The number of nitrogens with two attached hydrogens (primary N) is 1. The molecule has 1 heterocycles. The van der Waals surface area contributed by atoms with Gasteiger partial charge in [0.05, 0.1) is 30.1 Å². The van der Waals surface area contributed by atoms with Crippen molar-refractivity contribution in [3.05, 3.63) is 16.8 Å². The molecule has 14 nitrogen and oxygen atoms in total. The SMILES string of the molecule is CC(C)(C)C(=O)OOCP(=O)(COOC(=O)C(C)(C)C)CO[C@H](CO)Cn1cnc(N)nc1=O. The fourth-order valence-corrected chi connectivity index (χ4v) is 3.03. The molecule has 0 aliphatic carbocycles. The lowest BCUT2D eigenvalue weighted by atomic mass is 9.98. The van der Waals surface area contributed by atoms with E-state index in [-0.39, 0.29) is 12.5 Å². The Kier molecular flexibility index (Phi) is 10.8. The minimum Gasteiger partial charge on any atom is -0.394 e. The van der Waals surface area contributed by atoms with E-state index < -0.39 is 67.4 Å². The van der Waals surface area contributed by atoms with E-state index in [4.69, 9.17) is 20.2 Å². The highest BCUT2D eigenvalue weighted by molar-refractivity contribution is 7.63. The number of ether oxygens (including phenoxy) is 1. The number of anilines is 1. The zero-order valence-electron chi connectivity index (χ0n) is 20.2. The largest absolute Gasteiger partial charge is 0.394 e. The molecule has 1 atom stereocenters. The quantitative estimate of drug-likeness (QED) is 0.230. The lowest BCUT2D eigenvalue weighted by molar-refractivity contribution is -0.274. The van der Waals surface area contributed by atoms with Crippen molar-refractivity contribution in [1.29, 1.82) is 0 Å². The summed E-state index contributed by atoms with van der Waals surface area (Å²) in [4.78, 5) is 61.9. The van der Waals surface area contributed by atoms with Gasteiger partial charge in [-0.2, -0.15) is 14.8 Å². The van der Waals surface area contributed by atoms with Crippen molar-refractivity contribution >= 4 is 25.0 Å². The van der Waals surface area contributed by atoms with E-state index in [0.29, 0.717) is 0 Å². The number of aliphatic hydroxyl groups is 1. The molecule has 0 amide bonds. The number of nitrogen functional groups attached to an aromatic ring is 1. The first kappa shape index (κ1) is 29.7. The predicted octanol–water partition coefficient (Wildman–Crippen LogP) is 0.875. The van der Waals surface area contributed by atoms with Crippen molar-refractivity contribution in [3.63, 3.8) is 0 Å². The average molecular weight is 508 g/mol. The molecule has 0 radical (unpaired) electrons. The first-order chi connectivity index (χ1) is 15.6. The molecule has 0 spiro atoms. The standard InChI is InChI=1S/C19H33N4O10P/c1-18(2,3)14(25)32-30-11-34(28,12-31-33-15(26)19(4,5)6)10-29-13(8-24)7-23-9-21-16(20)22-17(23)27/h9,13,24H,7-8,10-12H2,1-6H3,(H2,20,22,27)/t13-/m0/s1. The van der Waals surface area contributed by atoms with Gasteiger partial charge < -0.3 is 20.1 Å². The summed E-state index contributed by atoms with van der Waals surface area (Å²) in [6.07, 6.45) is -1.63. The Balaban J connectivity index is 2.83. The number of hydrogen-bond donors (Lipinski definition) is 2. The van der Waals surface area contributed by atoms with Gasteiger partial charge in [0.2, 0.25) is 5.95 Å². The fourth-order valence-electron chi connectivity index (χ4n) is 1.83. The van der Waals surface area contributed by atoms with Gasteiger partial charge in [-0.3, -0.25) is 14.3 Å². The molecule has 0 aliphatic rings. The molecule has 0 saturated carbocycles. The van der Waals surface area contributed by atoms with Crippen LogP contribution in [0.2, 0.25) is 0 Å². The molecule has 194 valence electrons. The van der Waals surface area contributed by atoms with Crippen molar-refractivity contribution in [2.24, 2.45) is 10.8 Å². The molecule has 3 N–H and O–H groups in total. The molecule has 1 aromatic heterocycles. The molecule has 1 rings (SSSR count). The van der Waals surface area contributed by atoms with Crippen LogP contribution in [0.25, 0.3) is 0 Å². The van der Waals surface area contributed by atoms with Gasteiger partial charge in [0, 0.05) is 0 Å². The Hall–Kier alpha value is -2.38. The van der Waals surface area contributed by atoms with Gasteiger partial charge in [-0.05, 0) is 41.5 Å². The third-order valence-corrected chi connectivity index (χ3v) is 5.78. The van der Waals surface area contributed by atoms with E-state index in [1.807, 2.05) is 0 Å². The summed E-state index contributed by atoms with van der Waals surface area (Å²) in [6, 6.07) is 0. The lowest BCUT2D eigenvalue weighted by Gasteiger charge is -2.22. The van der Waals surface area contributed by atoms with Crippen LogP contribution < -0.4 is 11.4 Å². The Labute approximate surface area is 196 Å². The molecular formula is C19H33N4O10P. The van der Waals surface area contributed by atoms with Crippen LogP contribution in [0.1, 0.15) is 41.5 Å². The van der Waals surface area contributed by atoms with Gasteiger partial charge in [0.1, 0.15) is 12.7 Å². The minimum absolute atomic E-state index is 0.171. The molecule has 0 aromatic carbocycles. The molecule has 0 bridgehead atoms. The summed E-state index contributed by atoms with van der Waals surface area (Å²) >= 11 is 0. The lowest BCUT2D eigenvalue weighted by Crippen LogP contribution is -2.33. The molecule has 15 heteroatoms. The maximum atomic E-state index is 13.3. The molecule has 1 aromatic rings. The summed E-state index contributed by atoms with van der Waals surface area (Å²) in [6.45, 7) is 8.90. The second kappa shape index (κ2) is 12.4. The van der Waals surface area contributed by atoms with Crippen molar-refractivity contribution in [2.75, 3.05) is 31.4 Å². The highest BCUT2D eigenvalue weighted by atomic mass is 31.2. The van der Waals surface area contributed by atoms with Crippen LogP contribution in [-0.2, 0) is 45.0 Å². The van der Waals surface area contributed by atoms with Gasteiger partial charge in [-0.25, -0.2) is 19.4 Å². The number of hydrogen-bond acceptors (Lipinski definition) is 13. The average Bonchev–Trinajstić information content (AvgIpc) is 2.71. The van der Waals surface area contributed by atoms with E-state index in [2.05, 4.69) is 19.7 Å². The van der Waals surface area contributed by atoms with Crippen molar-refractivity contribution in [2.45, 2.75) is 54.2 Å². The number of aromatic nitrogens is 3. The topological polar surface area (TPSA) is 191 Å². The number of carbonyl (C=O) groups is 2. The van der Waals surface area contributed by atoms with Crippen molar-refractivity contribution in [3.8, 4) is 0 Å². The predicted molar refractivity (Wildman–Crippen MR) is 118 cm³/mol. The normalized spacial score (nSPS) is 13.4. The monoisotopic (exact) mass is 508 g/mol. The Morgan fingerprint density at radius 3 is 1.97 bits per heavy atom. The van der Waals surface area contributed by atoms with Crippen LogP contribution in [-0.4, -0.2) is 63.3 Å². The van der Waals surface area contributed by atoms with Crippen LogP contribution in [0.4, 0.5) is 5.95 Å². The third-order valence-electron chi connectivity index (χ3n) is 4.00. The maximum absolute atomic E-state index is 13.3. The zero-order valence-corrected chi connectivity index (χ0v) is 21.1. The molecule has 34 heavy (non-hydrogen) atoms. The van der Waals surface area contributed by atoms with Gasteiger partial charge in [-0.1, -0.05) is 0 Å². The van der Waals surface area contributed by atoms with Crippen LogP contribution >= 0.6 is 7.14 Å². The second-order valence-corrected chi connectivity index (χ2v) is 12.4. The first-order valence-corrected chi connectivity index (χ1v) is 12.5. The molecular weight excluding hydrogens is 475 g/mol. The molecule has 0 aliphatic heterocycles. The van der Waals surface area contributed by atoms with Crippen molar-refractivity contribution < 1.29 is 43.5 Å². The highest BCUT2D eigenvalue weighted by Crippen LogP contribution is 2.46. The first-order valence-electron chi connectivity index (χ1n) is 10.2. The Bertz CT molecular complexity index is 902. The minimum atomic E-state index is -3.60. The fraction of sp³-hybridized carbons (Fsp3) is 0.737. The summed E-state index contributed by atoms with van der Waals surface area (Å²) in [5.41, 5.74) is 2.90. The van der Waals surface area contributed by atoms with Gasteiger partial charge in [0.25, 0.3) is 0 Å². The van der Waals surface area contributed by atoms with E-state index in [9.17, 15) is 24.1 Å². The van der Waals surface area contributed by atoms with Crippen LogP contribution in [0, 0.1) is 10.8 Å². The van der Waals surface area contributed by atoms with E-state index in [1.165, 1.54) is 0 Å². The van der Waals surface area contributed by atoms with Gasteiger partial charge >= 0.3 is 17.6 Å². The zero-order chi connectivity index (χ0) is 26.2. The number of rotatable bonds is 12. The van der Waals surface area contributed by atoms with Crippen LogP contribution in [0.15, 0.2) is 11.1 Å². The Morgan fingerprint density at radius 2 is 1.56 bits per heavy atom. The molecule has 0 unspecified atom stereocenters. The van der Waals surface area contributed by atoms with Crippen molar-refractivity contribution in [1.82, 2.24) is 14.5 Å². The summed E-state index contributed by atoms with van der Waals surface area (Å²) in [5, 5.41) is 9.61. The second-order valence-electron chi connectivity index (χ2n) is 9.54. The van der Waals surface area contributed by atoms with Gasteiger partial charge in [0.15, 0.2) is 19.8 Å². The molecule has 0 fully saturated rings. The third kappa shape index (κ3) is 10.3. The Morgan fingerprint density at radius 1 is 1.06 bits per heavy atom. The smallest absolute Gasteiger partial charge is 0.352 e. The number of aliphatic hydroxyl groups excluding tert-OH is 1. The number of carbonyl (C=O) groups excluding carboxylic acids is 2. The summed E-state index contributed by atoms with van der Waals surface area (Å²) < 4.78 is 19.9. The van der Waals surface area contributed by atoms with Gasteiger partial charge in [-0.15, -0.1) is 0 Å². The number of nitrogens with zero attached hydrogens (tertiary/aromatic N) is 3. The van der Waals surface area contributed by atoms with E-state index in [1.54, 1.807) is 41.5 Å². The van der Waals surface area contributed by atoms with Crippen LogP contribution in [0.5, 0.6) is 0 Å². The van der Waals surface area contributed by atoms with E-state index >= 15 is 0 Å². The summed E-state index contributed by atoms with van der Waals surface area (Å²) in [5.74, 6) is -1.61. The highest BCUT2D eigenvalue weighted by Gasteiger charge is 2.31. The maximum Gasteiger partial charge on any atom is 0.352 e. The molecule has 0 saturated heterocycles. The van der Waals surface area contributed by atoms with Crippen LogP contribution in [0.3, 0.4) is 0 Å². The van der Waals surface area contributed by atoms with E-state index in [0.717, 1.165) is 10.9 Å². The summed E-state index contributed by atoms with van der Waals surface area (Å²) in [7, 11) is -3.60.